The van der Waals surface area contributed by atoms with E-state index in [0.29, 0.717) is 16.3 Å². The predicted octanol–water partition coefficient (Wildman–Crippen LogP) is 3.68. The summed E-state index contributed by atoms with van der Waals surface area (Å²) in [5.41, 5.74) is 8.13. The van der Waals surface area contributed by atoms with E-state index in [9.17, 15) is 9.59 Å². The molecular formula is C18H19BrN2O3S. The van der Waals surface area contributed by atoms with Crippen LogP contribution in [0, 0.1) is 0 Å². The van der Waals surface area contributed by atoms with E-state index >= 15 is 0 Å². The molecule has 0 atom stereocenters. The average molecular weight is 423 g/mol. The van der Waals surface area contributed by atoms with Crippen molar-refractivity contribution in [3.63, 3.8) is 0 Å². The second-order valence-electron chi connectivity index (χ2n) is 5.88. The van der Waals surface area contributed by atoms with Gasteiger partial charge in [0.2, 0.25) is 0 Å². The van der Waals surface area contributed by atoms with Gasteiger partial charge in [0.25, 0.3) is 11.8 Å². The molecule has 2 amide bonds. The van der Waals surface area contributed by atoms with Crippen LogP contribution in [0.4, 0.5) is 5.00 Å². The van der Waals surface area contributed by atoms with Crippen molar-refractivity contribution in [3.8, 4) is 5.75 Å². The van der Waals surface area contributed by atoms with Crippen molar-refractivity contribution in [1.82, 2.24) is 0 Å². The third-order valence-corrected chi connectivity index (χ3v) is 6.01. The lowest BCUT2D eigenvalue weighted by Gasteiger charge is -2.10. The summed E-state index contributed by atoms with van der Waals surface area (Å²) >= 11 is 4.89. The summed E-state index contributed by atoms with van der Waals surface area (Å²) in [6, 6.07) is 5.78. The average Bonchev–Trinajstić information content (AvgIpc) is 3.13. The van der Waals surface area contributed by atoms with Gasteiger partial charge in [0.05, 0.1) is 10.0 Å². The lowest BCUT2D eigenvalue weighted by Crippen LogP contribution is -2.22. The van der Waals surface area contributed by atoms with E-state index < -0.39 is 5.91 Å². The Balaban J connectivity index is 1.67. The molecule has 0 bridgehead atoms. The molecule has 0 unspecified atom stereocenters. The predicted molar refractivity (Wildman–Crippen MR) is 103 cm³/mol. The molecule has 1 aromatic carbocycles. The van der Waals surface area contributed by atoms with Gasteiger partial charge in [-0.15, -0.1) is 11.3 Å². The highest BCUT2D eigenvalue weighted by atomic mass is 79.9. The number of carbonyl (C=O) groups is 2. The van der Waals surface area contributed by atoms with E-state index in [4.69, 9.17) is 10.5 Å². The van der Waals surface area contributed by atoms with Crippen molar-refractivity contribution >= 4 is 44.1 Å². The van der Waals surface area contributed by atoms with Gasteiger partial charge in [0, 0.05) is 4.88 Å². The Hall–Kier alpha value is -1.86. The van der Waals surface area contributed by atoms with Crippen LogP contribution in [0.2, 0.25) is 0 Å². The summed E-state index contributed by atoms with van der Waals surface area (Å²) in [5, 5.41) is 3.31. The molecular weight excluding hydrogens is 404 g/mol. The number of rotatable bonds is 6. The first-order valence-electron chi connectivity index (χ1n) is 8.15. The zero-order valence-electron chi connectivity index (χ0n) is 13.9. The Kier molecular flexibility index (Phi) is 5.44. The van der Waals surface area contributed by atoms with Crippen molar-refractivity contribution in [3.05, 3.63) is 44.2 Å². The number of hydrogen-bond acceptors (Lipinski definition) is 4. The highest BCUT2D eigenvalue weighted by Crippen LogP contribution is 2.38. The van der Waals surface area contributed by atoms with Crippen LogP contribution in [-0.4, -0.2) is 18.4 Å². The molecule has 2 aromatic rings. The number of thiophene rings is 1. The van der Waals surface area contributed by atoms with E-state index in [-0.39, 0.29) is 12.5 Å². The maximum atomic E-state index is 12.2. The maximum absolute atomic E-state index is 12.2. The first kappa shape index (κ1) is 17.9. The molecule has 0 radical (unpaired) electrons. The molecule has 5 nitrogen and oxygen atoms in total. The Labute approximate surface area is 158 Å². The maximum Gasteiger partial charge on any atom is 0.262 e. The number of fused-ring (bicyclic) bond motifs is 1. The number of halogens is 1. The van der Waals surface area contributed by atoms with Crippen molar-refractivity contribution in [2.75, 3.05) is 11.9 Å². The molecule has 0 saturated heterocycles. The molecule has 1 aliphatic carbocycles. The van der Waals surface area contributed by atoms with E-state index in [2.05, 4.69) is 28.2 Å². The standard InChI is InChI=1S/C18H19BrN2O3S/c1-2-10-6-7-13(12(19)8-10)24-9-15(22)21-18-16(17(20)23)11-4-3-5-14(11)25-18/h6-8H,2-5,9H2,1H3,(H2,20,23)(H,21,22). The van der Waals surface area contributed by atoms with Crippen molar-refractivity contribution < 1.29 is 14.3 Å². The number of amides is 2. The zero-order chi connectivity index (χ0) is 18.0. The van der Waals surface area contributed by atoms with Crippen LogP contribution in [0.3, 0.4) is 0 Å². The van der Waals surface area contributed by atoms with Crippen molar-refractivity contribution in [2.24, 2.45) is 5.73 Å². The van der Waals surface area contributed by atoms with E-state index in [1.54, 1.807) is 0 Å². The summed E-state index contributed by atoms with van der Waals surface area (Å²) in [6.45, 7) is 1.94. The number of benzene rings is 1. The van der Waals surface area contributed by atoms with Crippen LogP contribution in [-0.2, 0) is 24.1 Å². The molecule has 3 N–H and O–H groups in total. The number of anilines is 1. The number of ether oxygens (including phenoxy) is 1. The molecule has 132 valence electrons. The number of nitrogens with one attached hydrogen (secondary N) is 1. The lowest BCUT2D eigenvalue weighted by molar-refractivity contribution is -0.118. The zero-order valence-corrected chi connectivity index (χ0v) is 16.3. The minimum Gasteiger partial charge on any atom is -0.483 e. The molecule has 7 heteroatoms. The van der Waals surface area contributed by atoms with E-state index in [0.717, 1.165) is 40.6 Å². The number of carbonyl (C=O) groups excluding carboxylic acids is 2. The third-order valence-electron chi connectivity index (χ3n) is 4.18. The van der Waals surface area contributed by atoms with Gasteiger partial charge in [0.1, 0.15) is 10.8 Å². The Morgan fingerprint density at radius 1 is 1.36 bits per heavy atom. The first-order valence-corrected chi connectivity index (χ1v) is 9.76. The quantitative estimate of drug-likeness (QED) is 0.744. The van der Waals surface area contributed by atoms with Crippen LogP contribution in [0.25, 0.3) is 0 Å². The van der Waals surface area contributed by atoms with Crippen molar-refractivity contribution in [2.45, 2.75) is 32.6 Å². The number of hydrogen-bond donors (Lipinski definition) is 2. The monoisotopic (exact) mass is 422 g/mol. The van der Waals surface area contributed by atoms with Crippen LogP contribution in [0.1, 0.15) is 39.7 Å². The molecule has 0 aliphatic heterocycles. The summed E-state index contributed by atoms with van der Waals surface area (Å²) in [4.78, 5) is 25.1. The Morgan fingerprint density at radius 3 is 2.84 bits per heavy atom. The Morgan fingerprint density at radius 2 is 2.16 bits per heavy atom. The van der Waals surface area contributed by atoms with Crippen LogP contribution in [0.15, 0.2) is 22.7 Å². The summed E-state index contributed by atoms with van der Waals surface area (Å²) < 4.78 is 6.39. The third kappa shape index (κ3) is 3.88. The normalized spacial score (nSPS) is 12.7. The van der Waals surface area contributed by atoms with Gasteiger partial charge in [0.15, 0.2) is 6.61 Å². The van der Waals surface area contributed by atoms with Crippen LogP contribution in [0.5, 0.6) is 5.75 Å². The molecule has 0 saturated carbocycles. The number of aryl methyl sites for hydroxylation is 2. The molecule has 1 aromatic heterocycles. The fraction of sp³-hybridized carbons (Fsp3) is 0.333. The summed E-state index contributed by atoms with van der Waals surface area (Å²) in [5.74, 6) is -0.196. The largest absolute Gasteiger partial charge is 0.483 e. The molecule has 1 heterocycles. The van der Waals surface area contributed by atoms with Gasteiger partial charge in [-0.3, -0.25) is 9.59 Å². The van der Waals surface area contributed by atoms with E-state index in [1.807, 2.05) is 18.2 Å². The van der Waals surface area contributed by atoms with Gasteiger partial charge in [-0.1, -0.05) is 13.0 Å². The van der Waals surface area contributed by atoms with Gasteiger partial charge >= 0.3 is 0 Å². The molecule has 0 spiro atoms. The fourth-order valence-corrected chi connectivity index (χ4v) is 4.79. The lowest BCUT2D eigenvalue weighted by atomic mass is 10.1. The molecule has 0 fully saturated rings. The topological polar surface area (TPSA) is 81.4 Å². The van der Waals surface area contributed by atoms with Gasteiger partial charge in [-0.2, -0.15) is 0 Å². The molecule has 3 rings (SSSR count). The second kappa shape index (κ2) is 7.58. The number of primary amides is 1. The van der Waals surface area contributed by atoms with Gasteiger partial charge in [-0.25, -0.2) is 0 Å². The van der Waals surface area contributed by atoms with Gasteiger partial charge in [-0.05, 0) is 64.9 Å². The summed E-state index contributed by atoms with van der Waals surface area (Å²) in [6.07, 6.45) is 3.73. The molecule has 25 heavy (non-hydrogen) atoms. The SMILES string of the molecule is CCc1ccc(OCC(=O)Nc2sc3c(c2C(N)=O)CCC3)c(Br)c1. The second-order valence-corrected chi connectivity index (χ2v) is 7.84. The summed E-state index contributed by atoms with van der Waals surface area (Å²) in [7, 11) is 0. The number of nitrogens with two attached hydrogens (primary N) is 1. The highest BCUT2D eigenvalue weighted by Gasteiger charge is 2.26. The van der Waals surface area contributed by atoms with E-state index in [1.165, 1.54) is 16.9 Å². The fourth-order valence-electron chi connectivity index (χ4n) is 2.94. The highest BCUT2D eigenvalue weighted by molar-refractivity contribution is 9.10. The first-order chi connectivity index (χ1) is 12.0. The van der Waals surface area contributed by atoms with Crippen LogP contribution >= 0.6 is 27.3 Å². The Bertz CT molecular complexity index is 832. The minimum atomic E-state index is -0.492. The van der Waals surface area contributed by atoms with Gasteiger partial charge < -0.3 is 15.8 Å². The molecule has 1 aliphatic rings. The smallest absolute Gasteiger partial charge is 0.262 e. The van der Waals surface area contributed by atoms with Crippen molar-refractivity contribution in [1.29, 1.82) is 0 Å². The van der Waals surface area contributed by atoms with Crippen LogP contribution < -0.4 is 15.8 Å². The minimum absolute atomic E-state index is 0.134.